The van der Waals surface area contributed by atoms with Gasteiger partial charge in [-0.05, 0) is 74.2 Å². The van der Waals surface area contributed by atoms with Gasteiger partial charge in [-0.25, -0.2) is 9.78 Å². The molecular weight excluding hydrogens is 502 g/mol. The van der Waals surface area contributed by atoms with Crippen molar-refractivity contribution in [3.8, 4) is 0 Å². The lowest BCUT2D eigenvalue weighted by atomic mass is 9.42. The molecule has 0 N–H and O–H groups in total. The molecule has 40 heavy (non-hydrogen) atoms. The van der Waals surface area contributed by atoms with E-state index in [4.69, 9.17) is 19.2 Å². The van der Waals surface area contributed by atoms with Crippen LogP contribution in [0.4, 0.5) is 0 Å². The Labute approximate surface area is 242 Å². The fraction of sp³-hybridized carbons (Fsp3) is 0.853. The van der Waals surface area contributed by atoms with Crippen LogP contribution in [0.1, 0.15) is 92.4 Å². The van der Waals surface area contributed by atoms with Gasteiger partial charge in [0.05, 0.1) is 19.8 Å². The van der Waals surface area contributed by atoms with E-state index in [1.165, 1.54) is 38.5 Å². The first-order valence-electron chi connectivity index (χ1n) is 16.4. The molecule has 5 fully saturated rings. The van der Waals surface area contributed by atoms with Crippen LogP contribution in [0.25, 0.3) is 0 Å². The molecule has 2 saturated heterocycles. The van der Waals surface area contributed by atoms with Gasteiger partial charge in [-0.15, -0.1) is 0 Å². The minimum Gasteiger partial charge on any atom is -0.461 e. The fourth-order valence-electron chi connectivity index (χ4n) is 10.3. The quantitative estimate of drug-likeness (QED) is 0.194. The van der Waals surface area contributed by atoms with Crippen LogP contribution in [0.5, 0.6) is 0 Å². The molecule has 3 heterocycles. The highest BCUT2D eigenvalue weighted by molar-refractivity contribution is 5.72. The first kappa shape index (κ1) is 28.9. The molecule has 0 unspecified atom stereocenters. The van der Waals surface area contributed by atoms with Crippen LogP contribution < -0.4 is 0 Å². The largest absolute Gasteiger partial charge is 0.461 e. The maximum atomic E-state index is 12.8. The molecular formula is C34H53NO5. The Morgan fingerprint density at radius 1 is 1.02 bits per heavy atom. The Kier molecular flexibility index (Phi) is 7.81. The van der Waals surface area contributed by atoms with Crippen LogP contribution in [0.2, 0.25) is 0 Å². The van der Waals surface area contributed by atoms with Gasteiger partial charge in [0.2, 0.25) is 0 Å². The second-order valence-corrected chi connectivity index (χ2v) is 14.7. The summed E-state index contributed by atoms with van der Waals surface area (Å²) < 4.78 is 11.5. The second kappa shape index (κ2) is 10.8. The molecule has 0 aromatic carbocycles. The highest BCUT2D eigenvalue weighted by Crippen LogP contribution is 2.72. The van der Waals surface area contributed by atoms with Crippen LogP contribution in [0.15, 0.2) is 24.3 Å². The number of esters is 1. The van der Waals surface area contributed by atoms with E-state index >= 15 is 0 Å². The highest BCUT2D eigenvalue weighted by Gasteiger charge is 2.74. The summed E-state index contributed by atoms with van der Waals surface area (Å²) in [5.41, 5.74) is -0.606. The average molecular weight is 556 g/mol. The number of carbonyl (C=O) groups is 1. The molecule has 224 valence electrons. The Hall–Kier alpha value is -1.21. The SMILES string of the molecule is CCC[C@@H](C)/C=C/[C@@H](C)[C@H]1CC[C@@H]2[C@]1(C)CC[C@H]1[C@]23C=C[C@]2(C[C@@H](OC(=O)CN4CCOCC4)CC[C@]12C)OO3. The van der Waals surface area contributed by atoms with Crippen LogP contribution in [0.3, 0.4) is 0 Å². The van der Waals surface area contributed by atoms with Crippen LogP contribution in [-0.2, 0) is 24.0 Å². The molecule has 2 bridgehead atoms. The van der Waals surface area contributed by atoms with E-state index in [9.17, 15) is 4.79 Å². The first-order valence-corrected chi connectivity index (χ1v) is 16.4. The summed E-state index contributed by atoms with van der Waals surface area (Å²) in [7, 11) is 0. The molecule has 0 aromatic rings. The summed E-state index contributed by atoms with van der Waals surface area (Å²) in [6, 6.07) is 0. The number of rotatable bonds is 8. The minimum absolute atomic E-state index is 0.00631. The maximum Gasteiger partial charge on any atom is 0.320 e. The van der Waals surface area contributed by atoms with Gasteiger partial charge in [0.1, 0.15) is 17.3 Å². The third kappa shape index (κ3) is 4.55. The van der Waals surface area contributed by atoms with E-state index in [2.05, 4.69) is 63.8 Å². The first-order chi connectivity index (χ1) is 19.2. The predicted octanol–water partition coefficient (Wildman–Crippen LogP) is 6.50. The second-order valence-electron chi connectivity index (χ2n) is 14.7. The van der Waals surface area contributed by atoms with E-state index < -0.39 is 5.60 Å². The zero-order valence-corrected chi connectivity index (χ0v) is 25.7. The lowest BCUT2D eigenvalue weighted by Crippen LogP contribution is -2.73. The van der Waals surface area contributed by atoms with Crippen molar-refractivity contribution in [2.75, 3.05) is 32.8 Å². The lowest BCUT2D eigenvalue weighted by molar-refractivity contribution is -0.497. The van der Waals surface area contributed by atoms with E-state index in [-0.39, 0.29) is 28.5 Å². The van der Waals surface area contributed by atoms with Gasteiger partial charge in [-0.1, -0.05) is 59.3 Å². The minimum atomic E-state index is -0.515. The fourth-order valence-corrected chi connectivity index (χ4v) is 10.3. The van der Waals surface area contributed by atoms with Gasteiger partial charge in [-0.2, -0.15) is 0 Å². The Morgan fingerprint density at radius 3 is 2.55 bits per heavy atom. The van der Waals surface area contributed by atoms with Gasteiger partial charge in [0.15, 0.2) is 0 Å². The van der Waals surface area contributed by atoms with Crippen LogP contribution >= 0.6 is 0 Å². The van der Waals surface area contributed by atoms with Crippen molar-refractivity contribution in [1.29, 1.82) is 0 Å². The number of carbonyl (C=O) groups excluding carboxylic acids is 1. The normalized spacial score (nSPS) is 46.0. The number of hydrogen-bond donors (Lipinski definition) is 0. The Bertz CT molecular complexity index is 1010. The van der Waals surface area contributed by atoms with Gasteiger partial charge in [0.25, 0.3) is 0 Å². The van der Waals surface area contributed by atoms with E-state index in [1.807, 2.05) is 0 Å². The van der Waals surface area contributed by atoms with Crippen molar-refractivity contribution in [2.24, 2.45) is 40.4 Å². The topological polar surface area (TPSA) is 57.2 Å². The molecule has 10 atom stereocenters. The standard InChI is InChI=1S/C34H53NO5/c1-6-7-24(2)8-9-25(3)27-10-11-28-31(27,4)14-13-29-32(5)15-12-26(22-33(32)16-17-34(28,29)40-39-33)38-30(36)23-35-18-20-37-21-19-35/h8-9,16-17,24-29H,6-7,10-15,18-23H2,1-5H3/b9-8+/t24-,25-,26+,27-,28-,29-,31-,32-,33-,34+/m1/s1. The molecule has 4 aliphatic carbocycles. The summed E-state index contributed by atoms with van der Waals surface area (Å²) in [6.07, 6.45) is 19.6. The van der Waals surface area contributed by atoms with Gasteiger partial charge < -0.3 is 9.47 Å². The number of nitrogens with zero attached hydrogens (tertiary/aromatic N) is 1. The van der Waals surface area contributed by atoms with Crippen molar-refractivity contribution >= 4 is 5.97 Å². The molecule has 6 heteroatoms. The van der Waals surface area contributed by atoms with Crippen molar-refractivity contribution in [2.45, 2.75) is 110 Å². The van der Waals surface area contributed by atoms with Gasteiger partial charge in [-0.3, -0.25) is 9.69 Å². The van der Waals surface area contributed by atoms with Crippen LogP contribution in [0, 0.1) is 40.4 Å². The molecule has 7 aliphatic rings. The van der Waals surface area contributed by atoms with E-state index in [0.717, 1.165) is 25.9 Å². The zero-order valence-electron chi connectivity index (χ0n) is 25.7. The molecule has 2 spiro atoms. The summed E-state index contributed by atoms with van der Waals surface area (Å²) >= 11 is 0. The maximum absolute atomic E-state index is 12.8. The summed E-state index contributed by atoms with van der Waals surface area (Å²) in [5, 5.41) is 0. The zero-order chi connectivity index (χ0) is 28.2. The summed E-state index contributed by atoms with van der Waals surface area (Å²) in [6.45, 7) is 15.4. The van der Waals surface area contributed by atoms with Crippen molar-refractivity contribution in [3.05, 3.63) is 24.3 Å². The Morgan fingerprint density at radius 2 is 1.82 bits per heavy atom. The van der Waals surface area contributed by atoms with Crippen molar-refractivity contribution in [3.63, 3.8) is 0 Å². The third-order valence-corrected chi connectivity index (χ3v) is 12.5. The number of morpholine rings is 1. The Balaban J connectivity index is 1.17. The highest BCUT2D eigenvalue weighted by atomic mass is 17.2. The molecule has 0 amide bonds. The van der Waals surface area contributed by atoms with Crippen LogP contribution in [-0.4, -0.2) is 61.0 Å². The van der Waals surface area contributed by atoms with Gasteiger partial charge in [0, 0.05) is 36.8 Å². The molecule has 6 nitrogen and oxygen atoms in total. The van der Waals surface area contributed by atoms with Gasteiger partial charge >= 0.3 is 5.97 Å². The van der Waals surface area contributed by atoms with E-state index in [0.29, 0.717) is 55.8 Å². The third-order valence-electron chi connectivity index (χ3n) is 12.5. The summed E-state index contributed by atoms with van der Waals surface area (Å²) in [4.78, 5) is 28.1. The number of ether oxygens (including phenoxy) is 2. The lowest BCUT2D eigenvalue weighted by Gasteiger charge is -2.69. The molecule has 7 rings (SSSR count). The number of allylic oxidation sites excluding steroid dienone is 2. The number of fused-ring (bicyclic) bond motifs is 2. The van der Waals surface area contributed by atoms with Crippen molar-refractivity contribution < 1.29 is 24.0 Å². The number of hydrogen-bond acceptors (Lipinski definition) is 6. The summed E-state index contributed by atoms with van der Waals surface area (Å²) in [5.74, 6) is 2.70. The predicted molar refractivity (Wildman–Crippen MR) is 155 cm³/mol. The molecule has 0 radical (unpaired) electrons. The molecule has 3 aliphatic heterocycles. The van der Waals surface area contributed by atoms with Crippen molar-refractivity contribution in [1.82, 2.24) is 4.90 Å². The molecule has 3 saturated carbocycles. The average Bonchev–Trinajstić information content (AvgIpc) is 3.30. The van der Waals surface area contributed by atoms with E-state index in [1.54, 1.807) is 0 Å². The smallest absolute Gasteiger partial charge is 0.320 e. The monoisotopic (exact) mass is 555 g/mol. The molecule has 0 aromatic heterocycles.